The summed E-state index contributed by atoms with van der Waals surface area (Å²) < 4.78 is 0. The second kappa shape index (κ2) is 1.73. The summed E-state index contributed by atoms with van der Waals surface area (Å²) in [5.74, 6) is 0. The van der Waals surface area contributed by atoms with Crippen molar-refractivity contribution in [2.75, 3.05) is 0 Å². The van der Waals surface area contributed by atoms with Gasteiger partial charge in [-0.05, 0) is 6.08 Å². The molecule has 1 aliphatic heterocycles. The number of nitrogens with zero attached hydrogens (tertiary/aromatic N) is 1. The number of rotatable bonds is 0. The van der Waals surface area contributed by atoms with Gasteiger partial charge in [-0.2, -0.15) is 0 Å². The summed E-state index contributed by atoms with van der Waals surface area (Å²) in [6.07, 6.45) is 8.38. The molecule has 0 atom stereocenters. The van der Waals surface area contributed by atoms with Crippen molar-refractivity contribution in [1.82, 2.24) is 4.99 Å². The normalized spacial score (nSPS) is 17.0. The summed E-state index contributed by atoms with van der Waals surface area (Å²) in [6.45, 7) is 1.92. The molecule has 0 aliphatic carbocycles. The average Bonchev–Trinajstić information content (AvgIpc) is 1.69. The molecule has 0 bridgehead atoms. The van der Waals surface area contributed by atoms with Crippen molar-refractivity contribution in [2.45, 2.75) is 6.92 Å². The molecule has 0 saturated carbocycles. The fraction of sp³-hybridized carbons (Fsp3) is 0.167. The third-order valence-corrected chi connectivity index (χ3v) is 0.743. The molecule has 1 heterocycles. The quantitative estimate of drug-likeness (QED) is 0.417. The van der Waals surface area contributed by atoms with Crippen LogP contribution in [0.5, 0.6) is 0 Å². The van der Waals surface area contributed by atoms with Crippen LogP contribution < -0.4 is 4.99 Å². The third-order valence-electron chi connectivity index (χ3n) is 0.743. The standard InChI is InChI=1S/C6H6N/c1-6-4-2-3-5-7-6/h2-3,5H,1H3/q+1. The average molecular weight is 92.1 g/mol. The van der Waals surface area contributed by atoms with Gasteiger partial charge in [-0.15, -0.1) is 0 Å². The minimum absolute atomic E-state index is 0.947. The van der Waals surface area contributed by atoms with Crippen LogP contribution in [-0.4, -0.2) is 6.21 Å². The molecular weight excluding hydrogens is 86.1 g/mol. The highest BCUT2D eigenvalue weighted by atomic mass is 14.7. The highest BCUT2D eigenvalue weighted by molar-refractivity contribution is 5.72. The summed E-state index contributed by atoms with van der Waals surface area (Å²) in [5, 5.41) is 0. The lowest BCUT2D eigenvalue weighted by atomic mass is 10.3. The van der Waals surface area contributed by atoms with E-state index in [1.807, 2.05) is 19.1 Å². The number of hydrogen-bond acceptors (Lipinski definition) is 1. The smallest absolute Gasteiger partial charge is 0.0414 e. The first kappa shape index (κ1) is 4.31. The first-order valence-corrected chi connectivity index (χ1v) is 2.19. The lowest BCUT2D eigenvalue weighted by Gasteiger charge is -1.72. The predicted molar refractivity (Wildman–Crippen MR) is 29.8 cm³/mol. The van der Waals surface area contributed by atoms with Gasteiger partial charge >= 0.3 is 0 Å². The van der Waals surface area contributed by atoms with E-state index in [9.17, 15) is 0 Å². The van der Waals surface area contributed by atoms with Crippen LogP contribution in [0.4, 0.5) is 0 Å². The summed E-state index contributed by atoms with van der Waals surface area (Å²) >= 11 is 0. The second-order valence-corrected chi connectivity index (χ2v) is 1.37. The Morgan fingerprint density at radius 2 is 2.57 bits per heavy atom. The van der Waals surface area contributed by atoms with Crippen molar-refractivity contribution >= 4 is 6.21 Å². The summed E-state index contributed by atoms with van der Waals surface area (Å²) in [5.41, 5.74) is 0.947. The SMILES string of the molecule is CC1=[C]C=CC=[N+]1. The Labute approximate surface area is 43.1 Å². The lowest BCUT2D eigenvalue weighted by Crippen LogP contribution is -1.90. The van der Waals surface area contributed by atoms with Gasteiger partial charge in [-0.25, -0.2) is 0 Å². The Kier molecular flexibility index (Phi) is 1.07. The maximum atomic E-state index is 3.92. The van der Waals surface area contributed by atoms with Gasteiger partial charge in [0.1, 0.15) is 0 Å². The first-order chi connectivity index (χ1) is 3.39. The minimum Gasteiger partial charge on any atom is -0.0414 e. The molecule has 2 radical (unpaired) electrons. The van der Waals surface area contributed by atoms with Crippen molar-refractivity contribution in [3.63, 3.8) is 0 Å². The van der Waals surface area contributed by atoms with Crippen LogP contribution in [0.1, 0.15) is 6.92 Å². The molecule has 7 heavy (non-hydrogen) atoms. The molecule has 0 amide bonds. The molecule has 0 spiro atoms. The maximum absolute atomic E-state index is 3.92. The molecule has 1 nitrogen and oxygen atoms in total. The van der Waals surface area contributed by atoms with Crippen LogP contribution in [-0.2, 0) is 0 Å². The van der Waals surface area contributed by atoms with E-state index >= 15 is 0 Å². The van der Waals surface area contributed by atoms with Gasteiger partial charge in [0.25, 0.3) is 5.70 Å². The zero-order valence-electron chi connectivity index (χ0n) is 4.18. The summed E-state index contributed by atoms with van der Waals surface area (Å²) in [6, 6.07) is 0. The monoisotopic (exact) mass is 92.0 g/mol. The Hall–Kier alpha value is -0.850. The zero-order valence-corrected chi connectivity index (χ0v) is 4.18. The van der Waals surface area contributed by atoms with Crippen LogP contribution in [0, 0.1) is 6.08 Å². The van der Waals surface area contributed by atoms with Crippen LogP contribution >= 0.6 is 0 Å². The molecule has 34 valence electrons. The Morgan fingerprint density at radius 1 is 1.71 bits per heavy atom. The van der Waals surface area contributed by atoms with Gasteiger partial charge in [-0.3, -0.25) is 0 Å². The molecular formula is C6H6N+. The largest absolute Gasteiger partial charge is 0.258 e. The van der Waals surface area contributed by atoms with E-state index in [4.69, 9.17) is 0 Å². The van der Waals surface area contributed by atoms with Gasteiger partial charge in [0, 0.05) is 13.0 Å². The van der Waals surface area contributed by atoms with Gasteiger partial charge in [-0.1, -0.05) is 0 Å². The third kappa shape index (κ3) is 1.000. The molecule has 0 fully saturated rings. The van der Waals surface area contributed by atoms with E-state index in [0.29, 0.717) is 0 Å². The second-order valence-electron chi connectivity index (χ2n) is 1.37. The molecule has 1 aliphatic rings. The van der Waals surface area contributed by atoms with Gasteiger partial charge in [0.2, 0.25) is 6.21 Å². The first-order valence-electron chi connectivity index (χ1n) is 2.19. The van der Waals surface area contributed by atoms with Crippen molar-refractivity contribution in [3.8, 4) is 0 Å². The predicted octanol–water partition coefficient (Wildman–Crippen LogP) is 0.670. The molecule has 0 aromatic heterocycles. The van der Waals surface area contributed by atoms with Crippen LogP contribution in [0.15, 0.2) is 17.8 Å². The number of aliphatic imine (C=N–C) groups is 1. The molecule has 0 unspecified atom stereocenters. The van der Waals surface area contributed by atoms with E-state index in [0.717, 1.165) is 5.70 Å². The van der Waals surface area contributed by atoms with E-state index < -0.39 is 0 Å². The molecule has 1 heteroatoms. The Morgan fingerprint density at radius 3 is 2.86 bits per heavy atom. The zero-order chi connectivity index (χ0) is 5.11. The Bertz CT molecular complexity index is 140. The van der Waals surface area contributed by atoms with E-state index in [1.165, 1.54) is 0 Å². The van der Waals surface area contributed by atoms with Crippen LogP contribution in [0.3, 0.4) is 0 Å². The summed E-state index contributed by atoms with van der Waals surface area (Å²) in [7, 11) is 0. The van der Waals surface area contributed by atoms with Crippen molar-refractivity contribution < 1.29 is 0 Å². The van der Waals surface area contributed by atoms with Gasteiger partial charge in [0.05, 0.1) is 11.1 Å². The molecule has 0 aromatic rings. The van der Waals surface area contributed by atoms with E-state index in [2.05, 4.69) is 11.1 Å². The van der Waals surface area contributed by atoms with Crippen LogP contribution in [0.25, 0.3) is 0 Å². The topological polar surface area (TPSA) is 14.1 Å². The number of allylic oxidation sites excluding steroid dienone is 4. The number of hydrogen-bond donors (Lipinski definition) is 0. The van der Waals surface area contributed by atoms with Crippen molar-refractivity contribution in [2.24, 2.45) is 0 Å². The van der Waals surface area contributed by atoms with E-state index in [1.54, 1.807) is 6.21 Å². The molecule has 0 saturated heterocycles. The molecule has 1 rings (SSSR count). The fourth-order valence-corrected chi connectivity index (χ4v) is 0.404. The highest BCUT2D eigenvalue weighted by Gasteiger charge is 1.96. The fourth-order valence-electron chi connectivity index (χ4n) is 0.404. The molecule has 0 aromatic carbocycles. The van der Waals surface area contributed by atoms with Gasteiger partial charge < -0.3 is 0 Å². The highest BCUT2D eigenvalue weighted by Crippen LogP contribution is 1.86. The van der Waals surface area contributed by atoms with Crippen molar-refractivity contribution in [3.05, 3.63) is 23.9 Å². The minimum atomic E-state index is 0.947. The Balaban J connectivity index is 2.82. The maximum Gasteiger partial charge on any atom is 0.258 e. The van der Waals surface area contributed by atoms with Gasteiger partial charge in [0.15, 0.2) is 0 Å². The van der Waals surface area contributed by atoms with E-state index in [-0.39, 0.29) is 0 Å². The van der Waals surface area contributed by atoms with Crippen LogP contribution in [0.2, 0.25) is 0 Å². The lowest BCUT2D eigenvalue weighted by molar-refractivity contribution is 1.18. The summed E-state index contributed by atoms with van der Waals surface area (Å²) in [4.78, 5) is 3.92. The van der Waals surface area contributed by atoms with Crippen molar-refractivity contribution in [1.29, 1.82) is 0 Å². The molecule has 0 N–H and O–H groups in total.